The highest BCUT2D eigenvalue weighted by Gasteiger charge is 2.38. The number of fused-ring (bicyclic) bond motifs is 1. The van der Waals surface area contributed by atoms with Gasteiger partial charge in [-0.15, -0.1) is 0 Å². The molecule has 1 aromatic rings. The van der Waals surface area contributed by atoms with Crippen molar-refractivity contribution in [3.05, 3.63) is 35.5 Å². The zero-order valence-corrected chi connectivity index (χ0v) is 13.4. The lowest BCUT2D eigenvalue weighted by atomic mass is 9.86. The molecule has 1 aromatic carbocycles. The van der Waals surface area contributed by atoms with Crippen molar-refractivity contribution in [2.75, 3.05) is 24.9 Å². The van der Waals surface area contributed by atoms with Gasteiger partial charge in [0, 0.05) is 11.4 Å². The average molecular weight is 318 g/mol. The van der Waals surface area contributed by atoms with E-state index in [0.29, 0.717) is 5.69 Å². The summed E-state index contributed by atoms with van der Waals surface area (Å²) in [6.45, 7) is 3.62. The SMILES string of the molecule is COC(=O)/C=C(/Nc1ccc2c(c1)C(C)(C)C(=O)N2)C(=O)OC. The van der Waals surface area contributed by atoms with Gasteiger partial charge in [-0.05, 0) is 37.6 Å². The first-order valence-corrected chi connectivity index (χ1v) is 6.90. The van der Waals surface area contributed by atoms with Crippen LogP contribution in [0.3, 0.4) is 0 Å². The Hall–Kier alpha value is -2.83. The van der Waals surface area contributed by atoms with Crippen LogP contribution < -0.4 is 10.6 Å². The van der Waals surface area contributed by atoms with Crippen molar-refractivity contribution < 1.29 is 23.9 Å². The molecule has 0 saturated carbocycles. The summed E-state index contributed by atoms with van der Waals surface area (Å²) in [6, 6.07) is 5.17. The van der Waals surface area contributed by atoms with Crippen LogP contribution in [-0.2, 0) is 29.3 Å². The van der Waals surface area contributed by atoms with Crippen LogP contribution in [0.1, 0.15) is 19.4 Å². The van der Waals surface area contributed by atoms with Gasteiger partial charge in [-0.3, -0.25) is 4.79 Å². The lowest BCUT2D eigenvalue weighted by Gasteiger charge is -2.16. The van der Waals surface area contributed by atoms with Gasteiger partial charge in [0.25, 0.3) is 0 Å². The fourth-order valence-corrected chi connectivity index (χ4v) is 2.24. The van der Waals surface area contributed by atoms with E-state index >= 15 is 0 Å². The third-order valence-electron chi connectivity index (χ3n) is 3.66. The van der Waals surface area contributed by atoms with Gasteiger partial charge in [-0.2, -0.15) is 0 Å². The van der Waals surface area contributed by atoms with Crippen LogP contribution in [0, 0.1) is 0 Å². The summed E-state index contributed by atoms with van der Waals surface area (Å²) in [5.41, 5.74) is 1.34. The van der Waals surface area contributed by atoms with Gasteiger partial charge < -0.3 is 20.1 Å². The molecule has 0 saturated heterocycles. The smallest absolute Gasteiger partial charge is 0.354 e. The number of rotatable bonds is 4. The Balaban J connectivity index is 2.34. The van der Waals surface area contributed by atoms with Gasteiger partial charge in [0.2, 0.25) is 5.91 Å². The predicted molar refractivity (Wildman–Crippen MR) is 83.8 cm³/mol. The third-order valence-corrected chi connectivity index (χ3v) is 3.66. The van der Waals surface area contributed by atoms with E-state index in [4.69, 9.17) is 0 Å². The maximum Gasteiger partial charge on any atom is 0.354 e. The fraction of sp³-hybridized carbons (Fsp3) is 0.312. The number of carbonyl (C=O) groups excluding carboxylic acids is 3. The Morgan fingerprint density at radius 2 is 1.91 bits per heavy atom. The Kier molecular flexibility index (Phi) is 4.40. The fourth-order valence-electron chi connectivity index (χ4n) is 2.24. The Labute approximate surface area is 133 Å². The quantitative estimate of drug-likeness (QED) is 0.646. The summed E-state index contributed by atoms with van der Waals surface area (Å²) in [6.07, 6.45) is 1.01. The summed E-state index contributed by atoms with van der Waals surface area (Å²) in [5, 5.41) is 5.62. The molecule has 1 amide bonds. The Bertz CT molecular complexity index is 706. The minimum Gasteiger partial charge on any atom is -0.466 e. The van der Waals surface area contributed by atoms with Crippen LogP contribution in [0.2, 0.25) is 0 Å². The molecule has 0 aliphatic carbocycles. The molecular weight excluding hydrogens is 300 g/mol. The molecule has 0 aromatic heterocycles. The number of ether oxygens (including phenoxy) is 2. The highest BCUT2D eigenvalue weighted by Crippen LogP contribution is 2.38. The van der Waals surface area contributed by atoms with Crippen LogP contribution in [0.15, 0.2) is 30.0 Å². The van der Waals surface area contributed by atoms with Crippen LogP contribution in [-0.4, -0.2) is 32.1 Å². The number of amides is 1. The third kappa shape index (κ3) is 3.18. The van der Waals surface area contributed by atoms with E-state index < -0.39 is 17.4 Å². The molecule has 0 bridgehead atoms. The molecule has 0 unspecified atom stereocenters. The predicted octanol–water partition coefficient (Wildman–Crippen LogP) is 1.56. The summed E-state index contributed by atoms with van der Waals surface area (Å²) in [5.74, 6) is -1.48. The van der Waals surface area contributed by atoms with E-state index in [2.05, 4.69) is 20.1 Å². The van der Waals surface area contributed by atoms with Gasteiger partial charge in [-0.25, -0.2) is 9.59 Å². The minimum absolute atomic E-state index is 0.0608. The lowest BCUT2D eigenvalue weighted by Crippen LogP contribution is -2.26. The van der Waals surface area contributed by atoms with Crippen LogP contribution in [0.5, 0.6) is 0 Å². The topological polar surface area (TPSA) is 93.7 Å². The molecule has 2 N–H and O–H groups in total. The molecule has 0 radical (unpaired) electrons. The first-order valence-electron chi connectivity index (χ1n) is 6.90. The molecule has 0 spiro atoms. The van der Waals surface area contributed by atoms with Crippen LogP contribution >= 0.6 is 0 Å². The first-order chi connectivity index (χ1) is 10.8. The molecular formula is C16H18N2O5. The average Bonchev–Trinajstić information content (AvgIpc) is 2.75. The second kappa shape index (κ2) is 6.12. The van der Waals surface area contributed by atoms with Gasteiger partial charge in [-0.1, -0.05) is 0 Å². The van der Waals surface area contributed by atoms with Crippen molar-refractivity contribution in [3.63, 3.8) is 0 Å². The zero-order valence-electron chi connectivity index (χ0n) is 13.4. The molecule has 1 aliphatic heterocycles. The summed E-state index contributed by atoms with van der Waals surface area (Å²) >= 11 is 0. The van der Waals surface area contributed by atoms with Gasteiger partial charge in [0.15, 0.2) is 0 Å². The van der Waals surface area contributed by atoms with E-state index in [0.717, 1.165) is 17.3 Å². The van der Waals surface area contributed by atoms with Gasteiger partial charge >= 0.3 is 11.9 Å². The van der Waals surface area contributed by atoms with Gasteiger partial charge in [0.1, 0.15) is 5.70 Å². The largest absolute Gasteiger partial charge is 0.466 e. The number of benzene rings is 1. The summed E-state index contributed by atoms with van der Waals surface area (Å²) in [7, 11) is 2.42. The van der Waals surface area contributed by atoms with Crippen molar-refractivity contribution in [1.82, 2.24) is 0 Å². The first kappa shape index (κ1) is 16.5. The number of esters is 2. The number of carbonyl (C=O) groups is 3. The Morgan fingerprint density at radius 1 is 1.22 bits per heavy atom. The van der Waals surface area contributed by atoms with E-state index in [-0.39, 0.29) is 11.6 Å². The number of hydrogen-bond acceptors (Lipinski definition) is 6. The van der Waals surface area contributed by atoms with E-state index in [9.17, 15) is 14.4 Å². The molecule has 2 rings (SSSR count). The Morgan fingerprint density at radius 3 is 2.52 bits per heavy atom. The highest BCUT2D eigenvalue weighted by atomic mass is 16.5. The van der Waals surface area contributed by atoms with Crippen molar-refractivity contribution in [1.29, 1.82) is 0 Å². The standard InChI is InChI=1S/C16H18N2O5/c1-16(2)10-7-9(5-6-11(10)18-15(16)21)17-12(14(20)23-4)8-13(19)22-3/h5-8,17H,1-4H3,(H,18,21)/b12-8+. The zero-order chi connectivity index (χ0) is 17.2. The second-order valence-electron chi connectivity index (χ2n) is 5.54. The minimum atomic E-state index is -0.704. The lowest BCUT2D eigenvalue weighted by molar-refractivity contribution is -0.138. The van der Waals surface area contributed by atoms with E-state index in [1.165, 1.54) is 14.2 Å². The summed E-state index contributed by atoms with van der Waals surface area (Å²) in [4.78, 5) is 35.1. The number of methoxy groups -OCH3 is 2. The maximum absolute atomic E-state index is 11.9. The molecule has 122 valence electrons. The molecule has 23 heavy (non-hydrogen) atoms. The molecule has 7 heteroatoms. The second-order valence-corrected chi connectivity index (χ2v) is 5.54. The maximum atomic E-state index is 11.9. The molecule has 7 nitrogen and oxygen atoms in total. The van der Waals surface area contributed by atoms with Crippen LogP contribution in [0.4, 0.5) is 11.4 Å². The molecule has 1 aliphatic rings. The molecule has 0 fully saturated rings. The normalized spacial score (nSPS) is 15.5. The van der Waals surface area contributed by atoms with E-state index in [1.54, 1.807) is 18.2 Å². The van der Waals surface area contributed by atoms with Crippen molar-refractivity contribution >= 4 is 29.2 Å². The van der Waals surface area contributed by atoms with Crippen molar-refractivity contribution in [2.45, 2.75) is 19.3 Å². The van der Waals surface area contributed by atoms with Gasteiger partial charge in [0.05, 0.1) is 25.7 Å². The number of anilines is 2. The highest BCUT2D eigenvalue weighted by molar-refractivity contribution is 6.06. The molecule has 0 atom stereocenters. The van der Waals surface area contributed by atoms with Crippen molar-refractivity contribution in [2.24, 2.45) is 0 Å². The number of hydrogen-bond donors (Lipinski definition) is 2. The monoisotopic (exact) mass is 318 g/mol. The van der Waals surface area contributed by atoms with E-state index in [1.807, 2.05) is 13.8 Å². The van der Waals surface area contributed by atoms with Crippen LogP contribution in [0.25, 0.3) is 0 Å². The summed E-state index contributed by atoms with van der Waals surface area (Å²) < 4.78 is 9.15. The number of nitrogens with one attached hydrogen (secondary N) is 2. The molecule has 1 heterocycles. The van der Waals surface area contributed by atoms with Crippen molar-refractivity contribution in [3.8, 4) is 0 Å².